The number of rotatable bonds is 4. The first-order chi connectivity index (χ1) is 4.13. The van der Waals surface area contributed by atoms with E-state index in [0.29, 0.717) is 0 Å². The molecule has 0 aromatic heterocycles. The molecule has 0 rings (SSSR count). The van der Waals surface area contributed by atoms with Crippen molar-refractivity contribution in [3.05, 3.63) is 0 Å². The Morgan fingerprint density at radius 1 is 0.625 bits per heavy atom. The van der Waals surface area contributed by atoms with E-state index in [4.69, 9.17) is 10.2 Å². The van der Waals surface area contributed by atoms with Crippen LogP contribution in [0, 0.1) is 0 Å². The van der Waals surface area contributed by atoms with Crippen LogP contribution in [0.1, 0.15) is 19.3 Å². The molecule has 0 aliphatic carbocycles. The van der Waals surface area contributed by atoms with Crippen LogP contribution in [0.2, 0.25) is 0 Å². The van der Waals surface area contributed by atoms with Gasteiger partial charge in [0.05, 0.1) is 0 Å². The van der Waals surface area contributed by atoms with Crippen LogP contribution < -0.4 is 0 Å². The van der Waals surface area contributed by atoms with Gasteiger partial charge in [0, 0.05) is 12.8 Å². The Labute approximate surface area is 90.5 Å². The van der Waals surface area contributed by atoms with Crippen LogP contribution in [0.5, 0.6) is 0 Å². The third kappa shape index (κ3) is 79.3. The topological polar surface area (TPSA) is 295 Å². The largest absolute Gasteiger partial charge is 0.481 e. The smallest absolute Gasteiger partial charge is 0.303 e. The summed E-state index contributed by atoms with van der Waals surface area (Å²) in [6.45, 7) is 0. The summed E-state index contributed by atoms with van der Waals surface area (Å²) in [4.78, 5) is 19.6. The van der Waals surface area contributed by atoms with Gasteiger partial charge in [0.2, 0.25) is 0 Å². The number of hydrogen-bond acceptors (Lipinski definition) is 2. The molecule has 0 fully saturated rings. The lowest BCUT2D eigenvalue weighted by Gasteiger charge is -1.89. The Kier molecular flexibility index (Phi) is 144. The lowest BCUT2D eigenvalue weighted by Crippen LogP contribution is -1.98. The second-order valence-corrected chi connectivity index (χ2v) is 1.64. The van der Waals surface area contributed by atoms with Gasteiger partial charge in [0.15, 0.2) is 0 Å². The van der Waals surface area contributed by atoms with Gasteiger partial charge in [-0.15, -0.1) is 0 Å². The van der Waals surface area contributed by atoms with Crippen molar-refractivity contribution in [1.29, 1.82) is 0 Å². The van der Waals surface area contributed by atoms with Gasteiger partial charge in [-0.3, -0.25) is 9.59 Å². The number of carbonyl (C=O) groups is 2. The van der Waals surface area contributed by atoms with E-state index >= 15 is 0 Å². The number of carboxylic acids is 2. The molecule has 0 saturated heterocycles. The van der Waals surface area contributed by atoms with E-state index in [0.717, 1.165) is 0 Å². The molecule has 11 heteroatoms. The molecule has 0 aliphatic rings. The predicted molar refractivity (Wildman–Crippen MR) is 54.4 cm³/mol. The Morgan fingerprint density at radius 3 is 0.938 bits per heavy atom. The fourth-order valence-corrected chi connectivity index (χ4v) is 0.391. The van der Waals surface area contributed by atoms with E-state index in [1.54, 1.807) is 0 Å². The van der Waals surface area contributed by atoms with Crippen LogP contribution >= 0.6 is 0 Å². The van der Waals surface area contributed by atoms with Crippen molar-refractivity contribution in [2.45, 2.75) is 19.3 Å². The first-order valence-electron chi connectivity index (χ1n) is 2.56. The van der Waals surface area contributed by atoms with Crippen molar-refractivity contribution in [2.24, 2.45) is 0 Å². The summed E-state index contributed by atoms with van der Waals surface area (Å²) in [6.07, 6.45) is 0.0866. The normalized spacial score (nSPS) is 5.00. The maximum Gasteiger partial charge on any atom is 0.303 e. The summed E-state index contributed by atoms with van der Waals surface area (Å²) in [5.74, 6) is -1.90. The highest BCUT2D eigenvalue weighted by molar-refractivity contribution is 5.69. The molecule has 0 bridgehead atoms. The van der Waals surface area contributed by atoms with Crippen LogP contribution in [0.3, 0.4) is 0 Å². The first kappa shape index (κ1) is 61.7. The molecule has 0 radical (unpaired) electrons. The Hall–Kier alpha value is -1.34. The summed E-state index contributed by atoms with van der Waals surface area (Å²) >= 11 is 0. The Morgan fingerprint density at radius 2 is 0.812 bits per heavy atom. The molecule has 0 atom stereocenters. The summed E-state index contributed by atoms with van der Waals surface area (Å²) in [7, 11) is 0. The van der Waals surface area contributed by atoms with Gasteiger partial charge in [0.1, 0.15) is 0 Å². The molecule has 0 spiro atoms. The van der Waals surface area contributed by atoms with Gasteiger partial charge in [-0.25, -0.2) is 0 Å². The molecule has 0 unspecified atom stereocenters. The summed E-state index contributed by atoms with van der Waals surface area (Å²) < 4.78 is 0. The van der Waals surface area contributed by atoms with E-state index in [9.17, 15) is 9.59 Å². The Bertz CT molecular complexity index is 110. The van der Waals surface area contributed by atoms with Gasteiger partial charge < -0.3 is 48.5 Å². The molecule has 0 aliphatic heterocycles. The number of aliphatic carboxylic acids is 2. The second-order valence-electron chi connectivity index (χ2n) is 1.64. The van der Waals surface area contributed by atoms with Crippen molar-refractivity contribution in [2.75, 3.05) is 0 Å². The number of hydrogen-bond donors (Lipinski definition) is 2. The van der Waals surface area contributed by atoms with Gasteiger partial charge in [-0.05, 0) is 6.42 Å². The minimum Gasteiger partial charge on any atom is -0.481 e. The van der Waals surface area contributed by atoms with Crippen molar-refractivity contribution in [3.8, 4) is 0 Å². The molecule has 0 aromatic carbocycles. The first-order valence-corrected chi connectivity index (χ1v) is 2.56. The summed E-state index contributed by atoms with van der Waals surface area (Å²) in [5, 5.41) is 16.1. The quantitative estimate of drug-likeness (QED) is 0.497. The zero-order valence-corrected chi connectivity index (χ0v) is 8.33. The maximum absolute atomic E-state index is 9.79. The molecular formula is C5H22O11. The monoisotopic (exact) mass is 258 g/mol. The zero-order chi connectivity index (χ0) is 7.28. The van der Waals surface area contributed by atoms with Crippen LogP contribution in [0.25, 0.3) is 0 Å². The molecule has 11 nitrogen and oxygen atoms in total. The molecule has 0 heterocycles. The SMILES string of the molecule is O.O.O.O.O.O.O.O=C(O)CCCC(=O)O. The van der Waals surface area contributed by atoms with Gasteiger partial charge in [0.25, 0.3) is 0 Å². The van der Waals surface area contributed by atoms with Gasteiger partial charge >= 0.3 is 11.9 Å². The highest BCUT2D eigenvalue weighted by Crippen LogP contribution is 1.93. The zero-order valence-electron chi connectivity index (χ0n) is 8.33. The standard InChI is InChI=1S/C5H8O4.7H2O/c6-4(7)2-1-3-5(8)9;;;;;;;/h1-3H2,(H,6,7)(H,8,9);7*1H2. The van der Waals surface area contributed by atoms with E-state index in [2.05, 4.69) is 0 Å². The predicted octanol–water partition coefficient (Wildman–Crippen LogP) is -5.45. The molecule has 0 aromatic rings. The van der Waals surface area contributed by atoms with Crippen LogP contribution in [-0.4, -0.2) is 60.5 Å². The highest BCUT2D eigenvalue weighted by atomic mass is 16.4. The Balaban J connectivity index is -0.0000000152. The van der Waals surface area contributed by atoms with Crippen LogP contribution in [0.15, 0.2) is 0 Å². The average molecular weight is 258 g/mol. The van der Waals surface area contributed by atoms with E-state index in [1.165, 1.54) is 0 Å². The lowest BCUT2D eigenvalue weighted by molar-refractivity contribution is -0.138. The van der Waals surface area contributed by atoms with Crippen molar-refractivity contribution < 1.29 is 58.1 Å². The second kappa shape index (κ2) is 37.3. The third-order valence-electron chi connectivity index (χ3n) is 0.781. The van der Waals surface area contributed by atoms with Crippen molar-refractivity contribution in [3.63, 3.8) is 0 Å². The molecule has 0 amide bonds. The lowest BCUT2D eigenvalue weighted by atomic mass is 10.2. The fraction of sp³-hybridized carbons (Fsp3) is 0.600. The number of carboxylic acid groups (broad SMARTS) is 2. The molecule has 108 valence electrons. The van der Waals surface area contributed by atoms with E-state index in [-0.39, 0.29) is 57.6 Å². The maximum atomic E-state index is 9.79. The van der Waals surface area contributed by atoms with Gasteiger partial charge in [-0.2, -0.15) is 0 Å². The molecule has 16 heavy (non-hydrogen) atoms. The van der Waals surface area contributed by atoms with Gasteiger partial charge in [-0.1, -0.05) is 0 Å². The van der Waals surface area contributed by atoms with E-state index in [1.807, 2.05) is 0 Å². The van der Waals surface area contributed by atoms with Crippen LogP contribution in [0.4, 0.5) is 0 Å². The van der Waals surface area contributed by atoms with Crippen molar-refractivity contribution in [1.82, 2.24) is 0 Å². The highest BCUT2D eigenvalue weighted by Gasteiger charge is 1.99. The summed E-state index contributed by atoms with van der Waals surface area (Å²) in [5.41, 5.74) is 0. The minimum atomic E-state index is -0.948. The molecular weight excluding hydrogens is 236 g/mol. The van der Waals surface area contributed by atoms with Crippen molar-refractivity contribution >= 4 is 11.9 Å². The average Bonchev–Trinajstić information content (AvgIpc) is 1.63. The van der Waals surface area contributed by atoms with E-state index < -0.39 is 11.9 Å². The third-order valence-corrected chi connectivity index (χ3v) is 0.781. The minimum absolute atomic E-state index is 0. The molecule has 0 saturated carbocycles. The van der Waals surface area contributed by atoms with Crippen LogP contribution in [-0.2, 0) is 9.59 Å². The fourth-order valence-electron chi connectivity index (χ4n) is 0.391. The molecule has 16 N–H and O–H groups in total. The summed E-state index contributed by atoms with van der Waals surface area (Å²) in [6, 6.07) is 0.